The minimum Gasteiger partial charge on any atom is -0.383 e. The van der Waals surface area contributed by atoms with Crippen molar-refractivity contribution in [2.75, 3.05) is 26.8 Å². The fourth-order valence-electron chi connectivity index (χ4n) is 3.87. The highest BCUT2D eigenvalue weighted by Gasteiger charge is 2.39. The maximum Gasteiger partial charge on any atom is 0.332 e. The van der Waals surface area contributed by atoms with Gasteiger partial charge in [-0.15, -0.1) is 16.3 Å². The van der Waals surface area contributed by atoms with Crippen LogP contribution in [-0.2, 0) is 24.4 Å². The summed E-state index contributed by atoms with van der Waals surface area (Å²) in [6.45, 7) is 7.28. The van der Waals surface area contributed by atoms with Gasteiger partial charge in [0, 0.05) is 31.6 Å². The molecule has 1 aliphatic carbocycles. The summed E-state index contributed by atoms with van der Waals surface area (Å²) in [5.74, 6) is 0.546. The minimum absolute atomic E-state index is 0.0341. The number of aromatic nitrogens is 2. The van der Waals surface area contributed by atoms with Crippen LogP contribution in [0.1, 0.15) is 30.2 Å². The summed E-state index contributed by atoms with van der Waals surface area (Å²) in [6.07, 6.45) is 3.89. The van der Waals surface area contributed by atoms with E-state index in [2.05, 4.69) is 17.2 Å². The molecule has 1 saturated heterocycles. The number of guanidine groups is 1. The van der Waals surface area contributed by atoms with Gasteiger partial charge in [-0.1, -0.05) is 6.92 Å². The molecule has 2 aliphatic rings. The summed E-state index contributed by atoms with van der Waals surface area (Å²) in [7, 11) is 1.60. The summed E-state index contributed by atoms with van der Waals surface area (Å²) in [4.78, 5) is 34.1. The standard InChI is InChI=1S/C20H26N6O3S/c1-13-14(10-24-7-6-22-18(24)23-12-21)30-17-15(13)16(27)26(11-20(2)4-5-20)19(28)25(17)8-9-29-3/h4-11H2,1-3H3,(H,22,23). The monoisotopic (exact) mass is 430 g/mol. The number of hydrogen-bond acceptors (Lipinski definition) is 6. The van der Waals surface area contributed by atoms with Gasteiger partial charge in [-0.25, -0.2) is 4.79 Å². The largest absolute Gasteiger partial charge is 0.383 e. The topological polar surface area (TPSA) is 105 Å². The molecular weight excluding hydrogens is 404 g/mol. The minimum atomic E-state index is -0.264. The van der Waals surface area contributed by atoms with Gasteiger partial charge >= 0.3 is 5.69 Å². The Labute approximate surface area is 178 Å². The number of fused-ring (bicyclic) bond motifs is 1. The summed E-state index contributed by atoms with van der Waals surface area (Å²) in [6, 6.07) is 0. The maximum absolute atomic E-state index is 13.4. The van der Waals surface area contributed by atoms with Gasteiger partial charge in [0.1, 0.15) is 4.83 Å². The van der Waals surface area contributed by atoms with Gasteiger partial charge in [0.2, 0.25) is 12.2 Å². The molecule has 1 saturated carbocycles. The Hall–Kier alpha value is -2.64. The van der Waals surface area contributed by atoms with Crippen molar-refractivity contribution < 1.29 is 4.74 Å². The highest BCUT2D eigenvalue weighted by Crippen LogP contribution is 2.46. The lowest BCUT2D eigenvalue weighted by atomic mass is 10.1. The molecule has 9 nitrogen and oxygen atoms in total. The van der Waals surface area contributed by atoms with Gasteiger partial charge < -0.3 is 15.0 Å². The first-order valence-electron chi connectivity index (χ1n) is 10.1. The van der Waals surface area contributed by atoms with Crippen LogP contribution in [0.5, 0.6) is 0 Å². The first-order chi connectivity index (χ1) is 14.4. The SMILES string of the molecule is COCCn1c(=O)n(CC2(C)CC2)c(=O)c2c(C)c(CN3CCN/C3=N\C#N)sc21. The fraction of sp³-hybridized carbons (Fsp3) is 0.600. The van der Waals surface area contributed by atoms with Crippen molar-refractivity contribution in [2.45, 2.75) is 46.3 Å². The Bertz CT molecular complexity index is 1160. The third-order valence-electron chi connectivity index (χ3n) is 6.01. The van der Waals surface area contributed by atoms with Gasteiger partial charge in [-0.3, -0.25) is 13.9 Å². The quantitative estimate of drug-likeness (QED) is 0.663. The van der Waals surface area contributed by atoms with Gasteiger partial charge in [0.05, 0.1) is 25.1 Å². The van der Waals surface area contributed by atoms with E-state index < -0.39 is 0 Å². The molecule has 2 aromatic rings. The molecule has 0 radical (unpaired) electrons. The molecule has 3 heterocycles. The first kappa shape index (κ1) is 20.6. The summed E-state index contributed by atoms with van der Waals surface area (Å²) in [5, 5.41) is 12.6. The molecule has 0 spiro atoms. The number of aryl methyl sites for hydroxylation is 1. The van der Waals surface area contributed by atoms with Gasteiger partial charge in [-0.05, 0) is 30.7 Å². The molecule has 0 bridgehead atoms. The van der Waals surface area contributed by atoms with Crippen LogP contribution < -0.4 is 16.6 Å². The van der Waals surface area contributed by atoms with E-state index in [-0.39, 0.29) is 16.7 Å². The van der Waals surface area contributed by atoms with Crippen LogP contribution in [-0.4, -0.2) is 46.8 Å². The van der Waals surface area contributed by atoms with Crippen LogP contribution in [0, 0.1) is 23.8 Å². The third kappa shape index (κ3) is 3.63. The van der Waals surface area contributed by atoms with Crippen molar-refractivity contribution in [3.8, 4) is 6.19 Å². The van der Waals surface area contributed by atoms with E-state index in [1.54, 1.807) is 11.7 Å². The Balaban J connectivity index is 1.83. The second-order valence-electron chi connectivity index (χ2n) is 8.34. The van der Waals surface area contributed by atoms with Crippen LogP contribution in [0.15, 0.2) is 14.6 Å². The number of methoxy groups -OCH3 is 1. The number of aliphatic imine (C=N–C) groups is 1. The van der Waals surface area contributed by atoms with Gasteiger partial charge in [0.25, 0.3) is 5.56 Å². The fourth-order valence-corrected chi connectivity index (χ4v) is 5.20. The summed E-state index contributed by atoms with van der Waals surface area (Å²) < 4.78 is 8.30. The van der Waals surface area contributed by atoms with Gasteiger partial charge in [0.15, 0.2) is 0 Å². The highest BCUT2D eigenvalue weighted by atomic mass is 32.1. The molecule has 2 aromatic heterocycles. The molecule has 0 amide bonds. The van der Waals surface area contributed by atoms with Crippen molar-refractivity contribution in [2.24, 2.45) is 10.4 Å². The molecule has 0 aromatic carbocycles. The zero-order valence-corrected chi connectivity index (χ0v) is 18.3. The molecule has 160 valence electrons. The van der Waals surface area contributed by atoms with Crippen molar-refractivity contribution in [1.29, 1.82) is 5.26 Å². The number of ether oxygens (including phenoxy) is 1. The Morgan fingerprint density at radius 3 is 2.77 bits per heavy atom. The molecule has 0 unspecified atom stereocenters. The normalized spacial score (nSPS) is 18.7. The lowest BCUT2D eigenvalue weighted by Gasteiger charge is -2.15. The average molecular weight is 431 g/mol. The maximum atomic E-state index is 13.4. The van der Waals surface area contributed by atoms with Crippen molar-refractivity contribution >= 4 is 27.5 Å². The second kappa shape index (κ2) is 7.89. The lowest BCUT2D eigenvalue weighted by molar-refractivity contribution is 0.186. The van der Waals surface area contributed by atoms with E-state index in [0.29, 0.717) is 49.0 Å². The molecule has 4 rings (SSSR count). The van der Waals surface area contributed by atoms with E-state index in [9.17, 15) is 9.59 Å². The van der Waals surface area contributed by atoms with Crippen molar-refractivity contribution in [3.63, 3.8) is 0 Å². The molecular formula is C20H26N6O3S. The molecule has 0 atom stereocenters. The zero-order chi connectivity index (χ0) is 21.5. The van der Waals surface area contributed by atoms with E-state index in [1.807, 2.05) is 18.0 Å². The second-order valence-corrected chi connectivity index (χ2v) is 9.43. The Morgan fingerprint density at radius 2 is 2.10 bits per heavy atom. The van der Waals surface area contributed by atoms with E-state index in [0.717, 1.165) is 29.8 Å². The summed E-state index contributed by atoms with van der Waals surface area (Å²) >= 11 is 1.47. The number of nitriles is 1. The molecule has 30 heavy (non-hydrogen) atoms. The number of nitrogens with one attached hydrogen (secondary N) is 1. The number of rotatable bonds is 7. The van der Waals surface area contributed by atoms with E-state index in [1.165, 1.54) is 15.9 Å². The van der Waals surface area contributed by atoms with Crippen LogP contribution in [0.25, 0.3) is 10.2 Å². The molecule has 1 aliphatic heterocycles. The Kier molecular flexibility index (Phi) is 5.42. The number of thiophene rings is 1. The van der Waals surface area contributed by atoms with Crippen LogP contribution in [0.4, 0.5) is 0 Å². The zero-order valence-electron chi connectivity index (χ0n) is 17.5. The average Bonchev–Trinajstić information content (AvgIpc) is 3.13. The predicted octanol–water partition coefficient (Wildman–Crippen LogP) is 1.22. The van der Waals surface area contributed by atoms with Crippen LogP contribution in [0.3, 0.4) is 0 Å². The predicted molar refractivity (Wildman–Crippen MR) is 116 cm³/mol. The number of hydrogen-bond donors (Lipinski definition) is 1. The smallest absolute Gasteiger partial charge is 0.332 e. The molecule has 10 heteroatoms. The Morgan fingerprint density at radius 1 is 1.33 bits per heavy atom. The third-order valence-corrected chi connectivity index (χ3v) is 7.31. The number of nitrogens with zero attached hydrogens (tertiary/aromatic N) is 5. The van der Waals surface area contributed by atoms with Gasteiger partial charge in [-0.2, -0.15) is 5.26 Å². The van der Waals surface area contributed by atoms with Crippen molar-refractivity contribution in [3.05, 3.63) is 31.3 Å². The first-order valence-corrected chi connectivity index (χ1v) is 10.9. The molecule has 1 N–H and O–H groups in total. The lowest BCUT2D eigenvalue weighted by Crippen LogP contribution is -2.41. The van der Waals surface area contributed by atoms with Crippen LogP contribution >= 0.6 is 11.3 Å². The highest BCUT2D eigenvalue weighted by molar-refractivity contribution is 7.18. The van der Waals surface area contributed by atoms with Crippen molar-refractivity contribution in [1.82, 2.24) is 19.4 Å². The summed E-state index contributed by atoms with van der Waals surface area (Å²) in [5.41, 5.74) is 0.457. The van der Waals surface area contributed by atoms with E-state index >= 15 is 0 Å². The van der Waals surface area contributed by atoms with E-state index in [4.69, 9.17) is 10.00 Å². The van der Waals surface area contributed by atoms with Crippen LogP contribution in [0.2, 0.25) is 0 Å². The molecule has 2 fully saturated rings.